The van der Waals surface area contributed by atoms with E-state index in [9.17, 15) is 4.79 Å². The van der Waals surface area contributed by atoms with E-state index in [4.69, 9.17) is 23.2 Å². The molecule has 0 aliphatic heterocycles. The van der Waals surface area contributed by atoms with Crippen LogP contribution in [-0.2, 0) is 0 Å². The quantitative estimate of drug-likeness (QED) is 0.873. The number of nitrogens with one attached hydrogen (secondary N) is 1. The number of carbonyl (C=O) groups is 1. The van der Waals surface area contributed by atoms with Gasteiger partial charge < -0.3 is 5.32 Å². The lowest BCUT2D eigenvalue weighted by molar-refractivity contribution is 0.103. The molecule has 3 nitrogen and oxygen atoms in total. The molecule has 0 saturated heterocycles. The molecule has 1 aromatic heterocycles. The van der Waals surface area contributed by atoms with Crippen LogP contribution >= 0.6 is 23.2 Å². The van der Waals surface area contributed by atoms with Crippen LogP contribution in [-0.4, -0.2) is 17.8 Å². The van der Waals surface area contributed by atoms with Crippen molar-refractivity contribution in [1.29, 1.82) is 0 Å². The van der Waals surface area contributed by atoms with Crippen molar-refractivity contribution in [3.8, 4) is 0 Å². The van der Waals surface area contributed by atoms with Gasteiger partial charge in [-0.25, -0.2) is 4.98 Å². The Labute approximate surface area is 115 Å². The first-order chi connectivity index (χ1) is 8.63. The number of ketones is 1. The van der Waals surface area contributed by atoms with Gasteiger partial charge >= 0.3 is 0 Å². The summed E-state index contributed by atoms with van der Waals surface area (Å²) in [4.78, 5) is 16.4. The molecule has 0 fully saturated rings. The highest BCUT2D eigenvalue weighted by Crippen LogP contribution is 2.24. The van der Waals surface area contributed by atoms with Crippen LogP contribution in [0.1, 0.15) is 16.1 Å². The number of aromatic nitrogens is 1. The Balaban J connectivity index is 2.50. The molecule has 1 heterocycles. The van der Waals surface area contributed by atoms with Crippen molar-refractivity contribution in [3.63, 3.8) is 0 Å². The van der Waals surface area contributed by atoms with Crippen molar-refractivity contribution in [3.05, 3.63) is 57.8 Å². The van der Waals surface area contributed by atoms with Gasteiger partial charge in [0.2, 0.25) is 5.78 Å². The van der Waals surface area contributed by atoms with Crippen LogP contribution in [0.4, 0.5) is 5.69 Å². The maximum atomic E-state index is 12.3. The zero-order chi connectivity index (χ0) is 13.1. The standard InChI is InChI=1S/C13H10Cl2N2O/c1-16-11-6-8(14)7-17-12(11)13(18)9-4-2-3-5-10(9)15/h2-7,16H,1H3. The van der Waals surface area contributed by atoms with Crippen LogP contribution in [0.3, 0.4) is 0 Å². The summed E-state index contributed by atoms with van der Waals surface area (Å²) in [6.45, 7) is 0. The summed E-state index contributed by atoms with van der Waals surface area (Å²) >= 11 is 11.8. The summed E-state index contributed by atoms with van der Waals surface area (Å²) in [5, 5.41) is 3.77. The summed E-state index contributed by atoms with van der Waals surface area (Å²) in [6.07, 6.45) is 1.44. The maximum absolute atomic E-state index is 12.3. The first-order valence-electron chi connectivity index (χ1n) is 5.26. The van der Waals surface area contributed by atoms with Gasteiger partial charge in [0.25, 0.3) is 0 Å². The fourth-order valence-electron chi connectivity index (χ4n) is 1.58. The molecule has 18 heavy (non-hydrogen) atoms. The molecule has 0 radical (unpaired) electrons. The normalized spacial score (nSPS) is 10.2. The fraction of sp³-hybridized carbons (Fsp3) is 0.0769. The van der Waals surface area contributed by atoms with Crippen LogP contribution in [0.25, 0.3) is 0 Å². The summed E-state index contributed by atoms with van der Waals surface area (Å²) in [7, 11) is 1.71. The van der Waals surface area contributed by atoms with Crippen LogP contribution < -0.4 is 5.32 Å². The molecule has 1 aromatic carbocycles. The summed E-state index contributed by atoms with van der Waals surface area (Å²) in [5.74, 6) is -0.235. The topological polar surface area (TPSA) is 42.0 Å². The van der Waals surface area contributed by atoms with Crippen molar-refractivity contribution >= 4 is 34.7 Å². The smallest absolute Gasteiger partial charge is 0.214 e. The van der Waals surface area contributed by atoms with E-state index in [2.05, 4.69) is 10.3 Å². The molecule has 0 spiro atoms. The molecule has 1 N–H and O–H groups in total. The summed E-state index contributed by atoms with van der Waals surface area (Å²) < 4.78 is 0. The number of nitrogens with zero attached hydrogens (tertiary/aromatic N) is 1. The maximum Gasteiger partial charge on any atom is 0.214 e. The lowest BCUT2D eigenvalue weighted by Crippen LogP contribution is -2.08. The van der Waals surface area contributed by atoms with Crippen molar-refractivity contribution < 1.29 is 4.79 Å². The van der Waals surface area contributed by atoms with E-state index in [1.807, 2.05) is 0 Å². The predicted octanol–water partition coefficient (Wildman–Crippen LogP) is 3.66. The van der Waals surface area contributed by atoms with E-state index >= 15 is 0 Å². The second kappa shape index (κ2) is 5.38. The van der Waals surface area contributed by atoms with Crippen molar-refractivity contribution in [2.24, 2.45) is 0 Å². The van der Waals surface area contributed by atoms with E-state index in [0.717, 1.165) is 0 Å². The zero-order valence-corrected chi connectivity index (χ0v) is 11.1. The van der Waals surface area contributed by atoms with Gasteiger partial charge in [-0.05, 0) is 18.2 Å². The second-order valence-electron chi connectivity index (χ2n) is 3.61. The number of benzene rings is 1. The third-order valence-corrected chi connectivity index (χ3v) is 2.99. The minimum atomic E-state index is -0.235. The second-order valence-corrected chi connectivity index (χ2v) is 4.45. The van der Waals surface area contributed by atoms with E-state index in [-0.39, 0.29) is 5.78 Å². The molecule has 0 aliphatic rings. The molecule has 0 bridgehead atoms. The SMILES string of the molecule is CNc1cc(Cl)cnc1C(=O)c1ccccc1Cl. The highest BCUT2D eigenvalue weighted by molar-refractivity contribution is 6.35. The molecule has 5 heteroatoms. The summed E-state index contributed by atoms with van der Waals surface area (Å²) in [6, 6.07) is 8.52. The van der Waals surface area contributed by atoms with Crippen molar-refractivity contribution in [2.75, 3.05) is 12.4 Å². The molecular weight excluding hydrogens is 271 g/mol. The van der Waals surface area contributed by atoms with Gasteiger partial charge in [-0.15, -0.1) is 0 Å². The Morgan fingerprint density at radius 2 is 2.00 bits per heavy atom. The lowest BCUT2D eigenvalue weighted by atomic mass is 10.1. The highest BCUT2D eigenvalue weighted by atomic mass is 35.5. The van der Waals surface area contributed by atoms with E-state index in [1.165, 1.54) is 6.20 Å². The third-order valence-electron chi connectivity index (χ3n) is 2.46. The molecule has 92 valence electrons. The highest BCUT2D eigenvalue weighted by Gasteiger charge is 2.17. The van der Waals surface area contributed by atoms with Crippen molar-refractivity contribution in [1.82, 2.24) is 4.98 Å². The molecular formula is C13H10Cl2N2O. The van der Waals surface area contributed by atoms with Crippen LogP contribution in [0, 0.1) is 0 Å². The van der Waals surface area contributed by atoms with E-state index < -0.39 is 0 Å². The van der Waals surface area contributed by atoms with Gasteiger partial charge in [0.05, 0.1) is 15.7 Å². The van der Waals surface area contributed by atoms with Gasteiger partial charge in [-0.2, -0.15) is 0 Å². The molecule has 0 saturated carbocycles. The average Bonchev–Trinajstić information content (AvgIpc) is 2.38. The van der Waals surface area contributed by atoms with Gasteiger partial charge in [0, 0.05) is 18.8 Å². The molecule has 2 rings (SSSR count). The average molecular weight is 281 g/mol. The minimum absolute atomic E-state index is 0.235. The number of pyridine rings is 1. The first-order valence-corrected chi connectivity index (χ1v) is 6.01. The van der Waals surface area contributed by atoms with Gasteiger partial charge in [0.15, 0.2) is 0 Å². The Hall–Kier alpha value is -1.58. The third kappa shape index (κ3) is 2.47. The van der Waals surface area contributed by atoms with E-state index in [1.54, 1.807) is 37.4 Å². The van der Waals surface area contributed by atoms with Crippen LogP contribution in [0.15, 0.2) is 36.5 Å². The first kappa shape index (κ1) is 12.9. The molecule has 0 unspecified atom stereocenters. The van der Waals surface area contributed by atoms with Crippen molar-refractivity contribution in [2.45, 2.75) is 0 Å². The fourth-order valence-corrected chi connectivity index (χ4v) is 1.96. The lowest BCUT2D eigenvalue weighted by Gasteiger charge is -2.08. The van der Waals surface area contributed by atoms with Gasteiger partial charge in [-0.3, -0.25) is 4.79 Å². The number of hydrogen-bond acceptors (Lipinski definition) is 3. The largest absolute Gasteiger partial charge is 0.386 e. The molecule has 2 aromatic rings. The number of halogens is 2. The van der Waals surface area contributed by atoms with Gasteiger partial charge in [-0.1, -0.05) is 35.3 Å². The van der Waals surface area contributed by atoms with E-state index in [0.29, 0.717) is 27.0 Å². The van der Waals surface area contributed by atoms with Gasteiger partial charge in [0.1, 0.15) is 5.69 Å². The Kier molecular flexibility index (Phi) is 3.84. The Morgan fingerprint density at radius 1 is 1.28 bits per heavy atom. The number of anilines is 1. The minimum Gasteiger partial charge on any atom is -0.386 e. The van der Waals surface area contributed by atoms with Crippen LogP contribution in [0.2, 0.25) is 10.0 Å². The monoisotopic (exact) mass is 280 g/mol. The number of hydrogen-bond donors (Lipinski definition) is 1. The predicted molar refractivity (Wildman–Crippen MR) is 73.7 cm³/mol. The molecule has 0 atom stereocenters. The zero-order valence-electron chi connectivity index (χ0n) is 9.58. The molecule has 0 aliphatic carbocycles. The number of rotatable bonds is 3. The summed E-state index contributed by atoms with van der Waals surface area (Å²) in [5.41, 5.74) is 1.30. The number of carbonyl (C=O) groups excluding carboxylic acids is 1. The Morgan fingerprint density at radius 3 is 2.67 bits per heavy atom. The van der Waals surface area contributed by atoms with Crippen LogP contribution in [0.5, 0.6) is 0 Å². The molecule has 0 amide bonds. The Bertz CT molecular complexity index is 599.